The Morgan fingerprint density at radius 1 is 0.840 bits per heavy atom. The number of hydrogen-bond donors (Lipinski definition) is 0. The summed E-state index contributed by atoms with van der Waals surface area (Å²) in [6.07, 6.45) is 9.74. The van der Waals surface area contributed by atoms with E-state index in [0.29, 0.717) is 13.9 Å². The molecule has 0 spiro atoms. The second kappa shape index (κ2) is 5.78. The van der Waals surface area contributed by atoms with Gasteiger partial charge in [-0.1, -0.05) is 0 Å². The van der Waals surface area contributed by atoms with Gasteiger partial charge in [0.15, 0.2) is 0 Å². The number of rotatable bonds is 5. The molecule has 1 heterocycles. The summed E-state index contributed by atoms with van der Waals surface area (Å²) in [5, 5.41) is 0. The van der Waals surface area contributed by atoms with Crippen LogP contribution in [0.1, 0.15) is 29.5 Å². The average molecular weight is 429 g/mol. The van der Waals surface area contributed by atoms with Crippen molar-refractivity contribution in [3.8, 4) is 0 Å². The van der Waals surface area contributed by atoms with Crippen LogP contribution < -0.4 is 0 Å². The molecule has 1 aliphatic heterocycles. The van der Waals surface area contributed by atoms with E-state index >= 15 is 0 Å². The first-order valence-corrected chi connectivity index (χ1v) is 17.6. The second-order valence-electron chi connectivity index (χ2n) is 8.14. The molecule has 25 heavy (non-hydrogen) atoms. The summed E-state index contributed by atoms with van der Waals surface area (Å²) < 4.78 is 10.4. The van der Waals surface area contributed by atoms with Crippen molar-refractivity contribution >= 4 is 24.0 Å². The van der Waals surface area contributed by atoms with E-state index in [4.69, 9.17) is 16.2 Å². The molecule has 0 bridgehead atoms. The third kappa shape index (κ3) is 2.21. The number of hydrogen-bond acceptors (Lipinski definition) is 1. The summed E-state index contributed by atoms with van der Waals surface area (Å²) in [6, 6.07) is 17.9. The van der Waals surface area contributed by atoms with Gasteiger partial charge in [-0.25, -0.2) is 0 Å². The summed E-state index contributed by atoms with van der Waals surface area (Å²) in [4.78, 5) is 0. The third-order valence-electron chi connectivity index (χ3n) is 7.28. The molecular weight excluding hydrogens is 407 g/mol. The Balaban J connectivity index is 1.67. The van der Waals surface area contributed by atoms with Crippen LogP contribution in [0.4, 0.5) is 0 Å². The zero-order valence-electron chi connectivity index (χ0n) is 14.2. The van der Waals surface area contributed by atoms with Crippen molar-refractivity contribution in [3.63, 3.8) is 0 Å². The minimum atomic E-state index is -3.15. The van der Waals surface area contributed by atoms with E-state index in [1.807, 2.05) is 0 Å². The van der Waals surface area contributed by atoms with Crippen LogP contribution in [0.5, 0.6) is 0 Å². The summed E-state index contributed by atoms with van der Waals surface area (Å²) in [7, 11) is 0. The molecule has 1 saturated heterocycles. The number of benzene rings is 2. The van der Waals surface area contributed by atoms with Crippen LogP contribution in [-0.2, 0) is 23.1 Å². The molecule has 1 nitrogen and oxygen atoms in total. The molecule has 127 valence electrons. The molecule has 2 atom stereocenters. The van der Waals surface area contributed by atoms with Crippen LogP contribution in [0.15, 0.2) is 60.7 Å². The molecule has 1 fully saturated rings. The van der Waals surface area contributed by atoms with Gasteiger partial charge in [0, 0.05) is 0 Å². The minimum absolute atomic E-state index is 0.630. The molecule has 0 aromatic heterocycles. The summed E-state index contributed by atoms with van der Waals surface area (Å²) >= 11 is 2.56. The molecular formula is C22H22ClOZr. The van der Waals surface area contributed by atoms with E-state index in [2.05, 4.69) is 72.8 Å². The molecule has 2 aromatic rings. The number of allylic oxidation sites excluding steroid dienone is 2. The van der Waals surface area contributed by atoms with Crippen molar-refractivity contribution < 1.29 is 23.1 Å². The fourth-order valence-electron chi connectivity index (χ4n) is 5.77. The zero-order valence-corrected chi connectivity index (χ0v) is 17.4. The van der Waals surface area contributed by atoms with Crippen LogP contribution in [0.25, 0.3) is 12.2 Å². The predicted molar refractivity (Wildman–Crippen MR) is 103 cm³/mol. The van der Waals surface area contributed by atoms with Crippen molar-refractivity contribution in [3.05, 3.63) is 82.9 Å². The van der Waals surface area contributed by atoms with Gasteiger partial charge in [-0.05, 0) is 0 Å². The van der Waals surface area contributed by atoms with Gasteiger partial charge in [0.25, 0.3) is 0 Å². The first kappa shape index (κ1) is 16.2. The quantitative estimate of drug-likeness (QED) is 0.517. The molecule has 0 N–H and O–H groups in total. The van der Waals surface area contributed by atoms with Gasteiger partial charge in [0.2, 0.25) is 0 Å². The van der Waals surface area contributed by atoms with Gasteiger partial charge in [0.1, 0.15) is 0 Å². The monoisotopic (exact) mass is 427 g/mol. The summed E-state index contributed by atoms with van der Waals surface area (Å²) in [5.74, 6) is 0. The van der Waals surface area contributed by atoms with E-state index in [0.717, 1.165) is 0 Å². The van der Waals surface area contributed by atoms with E-state index in [-0.39, 0.29) is 0 Å². The van der Waals surface area contributed by atoms with Gasteiger partial charge < -0.3 is 0 Å². The molecule has 0 radical (unpaired) electrons. The topological polar surface area (TPSA) is 9.23 Å². The van der Waals surface area contributed by atoms with Gasteiger partial charge in [-0.2, -0.15) is 0 Å². The van der Waals surface area contributed by atoms with Gasteiger partial charge in [-0.15, -0.1) is 0 Å². The Kier molecular flexibility index (Phi) is 3.75. The van der Waals surface area contributed by atoms with Gasteiger partial charge in [-0.3, -0.25) is 0 Å². The zero-order chi connectivity index (χ0) is 16.9. The maximum absolute atomic E-state index is 5.71. The molecule has 0 saturated carbocycles. The number of fused-ring (bicyclic) bond motifs is 2. The van der Waals surface area contributed by atoms with Crippen molar-refractivity contribution in [1.29, 1.82) is 0 Å². The van der Waals surface area contributed by atoms with Gasteiger partial charge >= 0.3 is 156 Å². The molecule has 3 heteroatoms. The first-order chi connectivity index (χ1) is 12.3. The van der Waals surface area contributed by atoms with Crippen molar-refractivity contribution in [1.82, 2.24) is 0 Å². The molecule has 3 aliphatic rings. The van der Waals surface area contributed by atoms with Crippen molar-refractivity contribution in [2.75, 3.05) is 6.61 Å². The number of halogens is 1. The Morgan fingerprint density at radius 2 is 1.36 bits per heavy atom. The Hall–Kier alpha value is -0.947. The summed E-state index contributed by atoms with van der Waals surface area (Å²) in [5.41, 5.74) is 5.93. The predicted octanol–water partition coefficient (Wildman–Crippen LogP) is 6.65. The maximum atomic E-state index is 5.71. The normalized spacial score (nSPS) is 28.1. The third-order valence-corrected chi connectivity index (χ3v) is 27.6. The van der Waals surface area contributed by atoms with Gasteiger partial charge in [0.05, 0.1) is 0 Å². The second-order valence-corrected chi connectivity index (χ2v) is 25.6. The fraction of sp³-hybridized carbons (Fsp3) is 0.273. The Bertz CT molecular complexity index is 831. The molecule has 5 rings (SSSR count). The Morgan fingerprint density at radius 3 is 1.84 bits per heavy atom. The summed E-state index contributed by atoms with van der Waals surface area (Å²) in [6.45, 7) is 0.686. The average Bonchev–Trinajstić information content (AvgIpc) is 3.06. The fourth-order valence-corrected chi connectivity index (χ4v) is 30.8. The first-order valence-electron chi connectivity index (χ1n) is 9.22. The molecule has 2 aliphatic carbocycles. The van der Waals surface area contributed by atoms with Crippen LogP contribution in [0, 0.1) is 0 Å². The standard InChI is InChI=1S/2C9H7.C2H4ClO.C2H4.Zr/c2*1-2-5-9-7-3-6-8(9)4-1;1-2-4-3;1-2;/h2*1-7H;1-2H2;1-2H2;. The molecule has 2 aromatic carbocycles. The van der Waals surface area contributed by atoms with Crippen molar-refractivity contribution in [2.45, 2.75) is 19.6 Å². The van der Waals surface area contributed by atoms with E-state index in [1.54, 1.807) is 11.1 Å². The van der Waals surface area contributed by atoms with Crippen LogP contribution in [-0.4, -0.2) is 6.61 Å². The molecule has 0 amide bonds. The van der Waals surface area contributed by atoms with Crippen LogP contribution in [0.2, 0.25) is 12.4 Å². The van der Waals surface area contributed by atoms with Crippen molar-refractivity contribution in [2.24, 2.45) is 0 Å². The van der Waals surface area contributed by atoms with E-state index < -0.39 is 18.8 Å². The Labute approximate surface area is 155 Å². The van der Waals surface area contributed by atoms with E-state index in [1.165, 1.54) is 23.5 Å². The van der Waals surface area contributed by atoms with Crippen LogP contribution in [0.3, 0.4) is 0 Å². The van der Waals surface area contributed by atoms with Crippen LogP contribution >= 0.6 is 11.9 Å². The molecule has 2 unspecified atom stereocenters. The van der Waals surface area contributed by atoms with E-state index in [9.17, 15) is 0 Å². The SMILES string of the molecule is ClOC[CH2][Zr]1([CH]2C=Cc3ccccc32)([CH]2C=Cc3ccccc32)[CH2][CH2]1.